The molecule has 7 nitrogen and oxygen atoms in total. The maximum absolute atomic E-state index is 14.2. The van der Waals surface area contributed by atoms with Gasteiger partial charge in [-0.2, -0.15) is 0 Å². The van der Waals surface area contributed by atoms with Gasteiger partial charge in [0.1, 0.15) is 6.61 Å². The highest BCUT2D eigenvalue weighted by atomic mass is 127. The number of hydrogen-bond acceptors (Lipinski definition) is 7. The lowest BCUT2D eigenvalue weighted by molar-refractivity contribution is -0.138. The Balaban J connectivity index is 1.47. The van der Waals surface area contributed by atoms with Crippen molar-refractivity contribution in [2.45, 2.75) is 19.6 Å². The van der Waals surface area contributed by atoms with E-state index < -0.39 is 12.0 Å². The molecule has 5 aromatic rings. The lowest BCUT2D eigenvalue weighted by atomic mass is 9.93. The summed E-state index contributed by atoms with van der Waals surface area (Å²) in [6.45, 7) is 2.20. The van der Waals surface area contributed by atoms with Crippen LogP contribution in [0, 0.1) is 3.57 Å². The number of thiazole rings is 1. The molecule has 1 atom stereocenters. The monoisotopic (exact) mass is 796 g/mol. The van der Waals surface area contributed by atoms with Crippen molar-refractivity contribution in [1.82, 2.24) is 4.57 Å². The number of carbonyl (C=O) groups is 1. The van der Waals surface area contributed by atoms with E-state index in [-0.39, 0.29) is 18.8 Å². The Hall–Kier alpha value is -3.90. The van der Waals surface area contributed by atoms with E-state index in [2.05, 4.69) is 22.6 Å². The van der Waals surface area contributed by atoms with Gasteiger partial charge in [0.05, 0.1) is 49.2 Å². The van der Waals surface area contributed by atoms with Crippen molar-refractivity contribution < 1.29 is 19.0 Å². The van der Waals surface area contributed by atoms with Crippen LogP contribution < -0.4 is 24.4 Å². The van der Waals surface area contributed by atoms with Crippen LogP contribution in [-0.2, 0) is 16.1 Å². The molecule has 6 rings (SSSR count). The highest BCUT2D eigenvalue weighted by molar-refractivity contribution is 14.1. The molecule has 1 aromatic heterocycles. The Bertz CT molecular complexity index is 2180. The molecule has 0 spiro atoms. The zero-order valence-electron chi connectivity index (χ0n) is 25.2. The lowest BCUT2D eigenvalue weighted by Gasteiger charge is -2.25. The van der Waals surface area contributed by atoms with E-state index in [0.29, 0.717) is 42.1 Å². The molecule has 0 aliphatic carbocycles. The average molecular weight is 797 g/mol. The number of hydrogen-bond donors (Lipinski definition) is 0. The molecule has 1 aliphatic heterocycles. The van der Waals surface area contributed by atoms with Crippen LogP contribution in [0.3, 0.4) is 0 Å². The first-order chi connectivity index (χ1) is 22.8. The number of methoxy groups -OCH3 is 1. The molecule has 0 unspecified atom stereocenters. The third kappa shape index (κ3) is 6.89. The van der Waals surface area contributed by atoms with Crippen LogP contribution in [-0.4, -0.2) is 24.3 Å². The van der Waals surface area contributed by atoms with Crippen molar-refractivity contribution >= 4 is 74.9 Å². The Kier molecular flexibility index (Phi) is 10.2. The molecule has 2 heterocycles. The predicted molar refractivity (Wildman–Crippen MR) is 194 cm³/mol. The van der Waals surface area contributed by atoms with Gasteiger partial charge in [0.2, 0.25) is 0 Å². The first-order valence-corrected chi connectivity index (χ1v) is 17.2. The van der Waals surface area contributed by atoms with Gasteiger partial charge < -0.3 is 14.2 Å². The number of aromatic nitrogens is 1. The maximum Gasteiger partial charge on any atom is 0.338 e. The molecule has 0 saturated heterocycles. The number of ether oxygens (including phenoxy) is 3. The van der Waals surface area contributed by atoms with Crippen molar-refractivity contribution in [3.05, 3.63) is 152 Å². The Labute approximate surface area is 298 Å². The summed E-state index contributed by atoms with van der Waals surface area (Å²) in [5.74, 6) is 0.552. The summed E-state index contributed by atoms with van der Waals surface area (Å²) in [5, 5.41) is 0.923. The van der Waals surface area contributed by atoms with Crippen molar-refractivity contribution in [3.63, 3.8) is 0 Å². The number of carbonyl (C=O) groups excluding carboxylic acids is 1. The number of nitrogens with zero attached hydrogens (tertiary/aromatic N) is 2. The Morgan fingerprint density at radius 1 is 1.00 bits per heavy atom. The second kappa shape index (κ2) is 14.5. The van der Waals surface area contributed by atoms with E-state index in [1.807, 2.05) is 78.9 Å². The minimum Gasteiger partial charge on any atom is -0.493 e. The number of fused-ring (bicyclic) bond motifs is 1. The second-order valence-electron chi connectivity index (χ2n) is 10.4. The highest BCUT2D eigenvalue weighted by Crippen LogP contribution is 2.36. The summed E-state index contributed by atoms with van der Waals surface area (Å²) in [5.41, 5.74) is 3.63. The van der Waals surface area contributed by atoms with Crippen LogP contribution in [0.1, 0.15) is 35.2 Å². The summed E-state index contributed by atoms with van der Waals surface area (Å²) < 4.78 is 20.2. The van der Waals surface area contributed by atoms with E-state index in [0.717, 1.165) is 25.8 Å². The predicted octanol–water partition coefficient (Wildman–Crippen LogP) is 7.43. The number of benzene rings is 4. The fourth-order valence-electron chi connectivity index (χ4n) is 5.29. The van der Waals surface area contributed by atoms with Gasteiger partial charge in [0.25, 0.3) is 5.56 Å². The van der Waals surface area contributed by atoms with Gasteiger partial charge in [0, 0.05) is 5.56 Å². The van der Waals surface area contributed by atoms with Crippen LogP contribution in [0.15, 0.2) is 106 Å². The van der Waals surface area contributed by atoms with Crippen molar-refractivity contribution in [2.75, 3.05) is 13.7 Å². The molecule has 11 heteroatoms. The van der Waals surface area contributed by atoms with Gasteiger partial charge in [-0.15, -0.1) is 0 Å². The Morgan fingerprint density at radius 3 is 2.40 bits per heavy atom. The van der Waals surface area contributed by atoms with Gasteiger partial charge in [-0.25, -0.2) is 9.79 Å². The van der Waals surface area contributed by atoms with E-state index in [4.69, 9.17) is 42.4 Å². The summed E-state index contributed by atoms with van der Waals surface area (Å²) in [6.07, 6.45) is 1.80. The summed E-state index contributed by atoms with van der Waals surface area (Å²) >= 11 is 15.7. The van der Waals surface area contributed by atoms with Gasteiger partial charge in [-0.1, -0.05) is 101 Å². The summed E-state index contributed by atoms with van der Waals surface area (Å²) in [7, 11) is 1.57. The fraction of sp³-hybridized carbons (Fsp3) is 0.139. The molecule has 0 amide bonds. The quantitative estimate of drug-likeness (QED) is 0.115. The van der Waals surface area contributed by atoms with Crippen LogP contribution >= 0.6 is 57.1 Å². The molecule has 0 N–H and O–H groups in total. The van der Waals surface area contributed by atoms with Gasteiger partial charge in [-0.3, -0.25) is 9.36 Å². The number of halogens is 3. The van der Waals surface area contributed by atoms with Gasteiger partial charge in [-0.05, 0) is 76.5 Å². The first kappa shape index (κ1) is 33.0. The molecule has 0 fully saturated rings. The zero-order valence-corrected chi connectivity index (χ0v) is 29.7. The van der Waals surface area contributed by atoms with Crippen LogP contribution in [0.4, 0.5) is 0 Å². The van der Waals surface area contributed by atoms with Gasteiger partial charge >= 0.3 is 5.97 Å². The molecule has 1 aliphatic rings. The van der Waals surface area contributed by atoms with Crippen LogP contribution in [0.2, 0.25) is 10.0 Å². The Morgan fingerprint density at radius 2 is 1.72 bits per heavy atom. The largest absolute Gasteiger partial charge is 0.493 e. The average Bonchev–Trinajstić information content (AvgIpc) is 3.39. The van der Waals surface area contributed by atoms with Crippen LogP contribution in [0.25, 0.3) is 11.8 Å². The molecule has 4 aromatic carbocycles. The summed E-state index contributed by atoms with van der Waals surface area (Å²) in [6, 6.07) is 27.3. The first-order valence-electron chi connectivity index (χ1n) is 14.6. The smallest absolute Gasteiger partial charge is 0.338 e. The van der Waals surface area contributed by atoms with Crippen molar-refractivity contribution in [2.24, 2.45) is 4.99 Å². The standard InChI is InChI=1S/C36H27Cl2IN2O5S/c1-3-45-35(43)30-31(23-10-6-4-7-11-23)40-36-41(32(30)24-12-8-5-9-13-24)34(42)29(47-36)19-22-17-27(39)33(28(18-22)44-2)46-20-21-14-15-25(37)26(38)16-21/h4-19,32H,3,20H2,1-2H3/b29-19-/t32-/m1/s1. The van der Waals surface area contributed by atoms with Crippen molar-refractivity contribution in [1.29, 1.82) is 0 Å². The minimum absolute atomic E-state index is 0.184. The highest BCUT2D eigenvalue weighted by Gasteiger charge is 2.35. The molecule has 0 bridgehead atoms. The third-order valence-electron chi connectivity index (χ3n) is 7.41. The van der Waals surface area contributed by atoms with Gasteiger partial charge in [0.15, 0.2) is 16.3 Å². The maximum atomic E-state index is 14.2. The fourth-order valence-corrected chi connectivity index (χ4v) is 7.39. The van der Waals surface area contributed by atoms with E-state index in [1.54, 1.807) is 36.8 Å². The number of esters is 1. The zero-order chi connectivity index (χ0) is 33.1. The normalized spacial score (nSPS) is 14.4. The van der Waals surface area contributed by atoms with E-state index >= 15 is 0 Å². The SMILES string of the molecule is CCOC(=O)C1=C(c2ccccc2)N=c2s/c(=C\c3cc(I)c(OCc4ccc(Cl)c(Cl)c4)c(OC)c3)c(=O)n2[C@@H]1c1ccccc1. The summed E-state index contributed by atoms with van der Waals surface area (Å²) in [4.78, 5) is 33.2. The second-order valence-corrected chi connectivity index (χ2v) is 13.4. The molecular weight excluding hydrogens is 770 g/mol. The lowest BCUT2D eigenvalue weighted by Crippen LogP contribution is -2.40. The molecule has 0 radical (unpaired) electrons. The van der Waals surface area contributed by atoms with E-state index in [1.165, 1.54) is 11.3 Å². The molecular formula is C36H27Cl2IN2O5S. The van der Waals surface area contributed by atoms with E-state index in [9.17, 15) is 9.59 Å². The topological polar surface area (TPSA) is 79.1 Å². The third-order valence-corrected chi connectivity index (χ3v) is 9.93. The number of rotatable bonds is 9. The minimum atomic E-state index is -0.740. The molecule has 0 saturated carbocycles. The molecule has 47 heavy (non-hydrogen) atoms. The molecule has 238 valence electrons. The van der Waals surface area contributed by atoms with Crippen molar-refractivity contribution in [3.8, 4) is 11.5 Å². The van der Waals surface area contributed by atoms with Crippen LogP contribution in [0.5, 0.6) is 11.5 Å².